The predicted octanol–water partition coefficient (Wildman–Crippen LogP) is 3.29. The molecule has 0 aliphatic rings. The summed E-state index contributed by atoms with van der Waals surface area (Å²) in [5.74, 6) is 2.92. The summed E-state index contributed by atoms with van der Waals surface area (Å²) < 4.78 is 20.3. The second-order valence-corrected chi connectivity index (χ2v) is 8.36. The van der Waals surface area contributed by atoms with Crippen molar-refractivity contribution >= 4 is 22.6 Å². The van der Waals surface area contributed by atoms with Crippen molar-refractivity contribution < 1.29 is 19.0 Å². The molecule has 0 unspecified atom stereocenters. The van der Waals surface area contributed by atoms with Gasteiger partial charge in [-0.3, -0.25) is 4.79 Å². The third kappa shape index (κ3) is 6.58. The van der Waals surface area contributed by atoms with E-state index in [0.29, 0.717) is 24.5 Å². The molecule has 0 saturated carbocycles. The van der Waals surface area contributed by atoms with Crippen LogP contribution in [0, 0.1) is 0 Å². The fourth-order valence-corrected chi connectivity index (χ4v) is 3.93. The van der Waals surface area contributed by atoms with Crippen molar-refractivity contribution in [2.45, 2.75) is 12.8 Å². The average Bonchev–Trinajstić information content (AvgIpc) is 3.30. The smallest absolute Gasteiger partial charge is 0.241 e. The summed E-state index contributed by atoms with van der Waals surface area (Å²) in [4.78, 5) is 20.9. The van der Waals surface area contributed by atoms with Crippen LogP contribution in [0.2, 0.25) is 0 Å². The van der Waals surface area contributed by atoms with Crippen molar-refractivity contribution in [2.24, 2.45) is 0 Å². The van der Waals surface area contributed by atoms with Crippen LogP contribution in [0.25, 0.3) is 0 Å². The van der Waals surface area contributed by atoms with Crippen molar-refractivity contribution in [1.29, 1.82) is 0 Å². The molecule has 2 aromatic carbocycles. The number of anilines is 1. The van der Waals surface area contributed by atoms with Crippen molar-refractivity contribution in [1.82, 2.24) is 14.3 Å². The van der Waals surface area contributed by atoms with Crippen LogP contribution in [-0.4, -0.2) is 68.7 Å². The standard InChI is InChI=1S/C24H30N4O4S/c1-27(12-11-17-9-10-20(31-4)21(14-17)32-5)23(29)16-28(2)24-25-22(26-33-24)15-18-7-6-8-19(13-18)30-3/h6-10,13-14H,11-12,15-16H2,1-5H3. The fraction of sp³-hybridized carbons (Fsp3) is 0.375. The molecular weight excluding hydrogens is 440 g/mol. The molecule has 0 aliphatic carbocycles. The number of likely N-dealkylation sites (N-methyl/N-ethyl adjacent to an activating group) is 2. The fourth-order valence-electron chi connectivity index (χ4n) is 3.29. The molecule has 1 heterocycles. The van der Waals surface area contributed by atoms with Crippen LogP contribution in [0.3, 0.4) is 0 Å². The van der Waals surface area contributed by atoms with Gasteiger partial charge in [0.1, 0.15) is 11.6 Å². The highest BCUT2D eigenvalue weighted by atomic mass is 32.1. The van der Waals surface area contributed by atoms with Crippen LogP contribution in [0.1, 0.15) is 17.0 Å². The monoisotopic (exact) mass is 470 g/mol. The molecule has 176 valence electrons. The summed E-state index contributed by atoms with van der Waals surface area (Å²) in [5, 5.41) is 0.717. The zero-order chi connectivity index (χ0) is 23.8. The number of carbonyl (C=O) groups is 1. The first-order chi connectivity index (χ1) is 15.9. The lowest BCUT2D eigenvalue weighted by molar-refractivity contribution is -0.128. The number of amides is 1. The quantitative estimate of drug-likeness (QED) is 0.426. The number of hydrogen-bond acceptors (Lipinski definition) is 8. The second-order valence-electron chi connectivity index (χ2n) is 7.63. The molecule has 0 radical (unpaired) electrons. The molecule has 33 heavy (non-hydrogen) atoms. The minimum atomic E-state index is 0.0162. The van der Waals surface area contributed by atoms with Gasteiger partial charge in [0, 0.05) is 38.6 Å². The highest BCUT2D eigenvalue weighted by Gasteiger charge is 2.16. The molecule has 0 spiro atoms. The van der Waals surface area contributed by atoms with Gasteiger partial charge in [0.05, 0.1) is 27.9 Å². The second kappa shape index (κ2) is 11.5. The van der Waals surface area contributed by atoms with Gasteiger partial charge in [-0.05, 0) is 41.8 Å². The number of benzene rings is 2. The van der Waals surface area contributed by atoms with E-state index in [4.69, 9.17) is 14.2 Å². The number of carbonyl (C=O) groups excluding carboxylic acids is 1. The third-order valence-corrected chi connectivity index (χ3v) is 6.13. The lowest BCUT2D eigenvalue weighted by Gasteiger charge is -2.21. The molecule has 0 aliphatic heterocycles. The van der Waals surface area contributed by atoms with E-state index in [1.165, 1.54) is 11.5 Å². The number of nitrogens with zero attached hydrogens (tertiary/aromatic N) is 4. The van der Waals surface area contributed by atoms with Gasteiger partial charge in [-0.2, -0.15) is 4.37 Å². The predicted molar refractivity (Wildman–Crippen MR) is 130 cm³/mol. The van der Waals surface area contributed by atoms with Gasteiger partial charge >= 0.3 is 0 Å². The number of aromatic nitrogens is 2. The summed E-state index contributed by atoms with van der Waals surface area (Å²) in [5.41, 5.74) is 2.15. The zero-order valence-corrected chi connectivity index (χ0v) is 20.5. The Balaban J connectivity index is 1.52. The van der Waals surface area contributed by atoms with Crippen LogP contribution in [0.4, 0.5) is 5.13 Å². The lowest BCUT2D eigenvalue weighted by Crippen LogP contribution is -2.37. The Morgan fingerprint density at radius 3 is 2.48 bits per heavy atom. The van der Waals surface area contributed by atoms with Gasteiger partial charge in [-0.1, -0.05) is 18.2 Å². The summed E-state index contributed by atoms with van der Waals surface area (Å²) in [6.45, 7) is 0.829. The molecule has 8 nitrogen and oxygen atoms in total. The summed E-state index contributed by atoms with van der Waals surface area (Å²) in [6, 6.07) is 13.6. The number of methoxy groups -OCH3 is 3. The third-order valence-electron chi connectivity index (χ3n) is 5.26. The van der Waals surface area contributed by atoms with E-state index in [0.717, 1.165) is 34.3 Å². The van der Waals surface area contributed by atoms with E-state index >= 15 is 0 Å². The normalized spacial score (nSPS) is 10.6. The molecule has 0 N–H and O–H groups in total. The Bertz CT molecular complexity index is 1070. The highest BCUT2D eigenvalue weighted by molar-refractivity contribution is 7.09. The molecule has 3 rings (SSSR count). The maximum atomic E-state index is 12.7. The van der Waals surface area contributed by atoms with Crippen molar-refractivity contribution in [3.8, 4) is 17.2 Å². The van der Waals surface area contributed by atoms with E-state index in [1.54, 1.807) is 26.2 Å². The van der Waals surface area contributed by atoms with Crippen molar-refractivity contribution in [3.05, 3.63) is 59.4 Å². The summed E-state index contributed by atoms with van der Waals surface area (Å²) in [6.07, 6.45) is 1.33. The van der Waals surface area contributed by atoms with E-state index in [-0.39, 0.29) is 12.5 Å². The van der Waals surface area contributed by atoms with E-state index in [1.807, 2.05) is 61.5 Å². The van der Waals surface area contributed by atoms with E-state index in [2.05, 4.69) is 9.36 Å². The molecule has 0 bridgehead atoms. The van der Waals surface area contributed by atoms with E-state index in [9.17, 15) is 4.79 Å². The minimum absolute atomic E-state index is 0.0162. The van der Waals surface area contributed by atoms with Gasteiger partial charge in [-0.25, -0.2) is 4.98 Å². The topological polar surface area (TPSA) is 77.0 Å². The molecule has 1 amide bonds. The Hall–Kier alpha value is -3.33. The van der Waals surface area contributed by atoms with Gasteiger partial charge in [-0.15, -0.1) is 0 Å². The first-order valence-corrected chi connectivity index (χ1v) is 11.3. The Morgan fingerprint density at radius 1 is 0.970 bits per heavy atom. The van der Waals surface area contributed by atoms with Gasteiger partial charge in [0.2, 0.25) is 11.0 Å². The maximum absolute atomic E-state index is 12.7. The van der Waals surface area contributed by atoms with Crippen molar-refractivity contribution in [2.75, 3.05) is 53.4 Å². The molecule has 1 aromatic heterocycles. The minimum Gasteiger partial charge on any atom is -0.497 e. The van der Waals surface area contributed by atoms with Gasteiger partial charge < -0.3 is 24.0 Å². The van der Waals surface area contributed by atoms with Crippen LogP contribution >= 0.6 is 11.5 Å². The number of rotatable bonds is 11. The zero-order valence-electron chi connectivity index (χ0n) is 19.7. The van der Waals surface area contributed by atoms with E-state index < -0.39 is 0 Å². The van der Waals surface area contributed by atoms with Crippen molar-refractivity contribution in [3.63, 3.8) is 0 Å². The number of ether oxygens (including phenoxy) is 3. The summed E-state index contributed by atoms with van der Waals surface area (Å²) >= 11 is 1.30. The lowest BCUT2D eigenvalue weighted by atomic mass is 10.1. The summed E-state index contributed by atoms with van der Waals surface area (Å²) in [7, 11) is 8.54. The molecular formula is C24H30N4O4S. The van der Waals surface area contributed by atoms with Crippen LogP contribution in [0.15, 0.2) is 42.5 Å². The molecule has 3 aromatic rings. The molecule has 0 saturated heterocycles. The highest BCUT2D eigenvalue weighted by Crippen LogP contribution is 2.27. The average molecular weight is 471 g/mol. The first-order valence-electron chi connectivity index (χ1n) is 10.5. The Morgan fingerprint density at radius 2 is 1.76 bits per heavy atom. The largest absolute Gasteiger partial charge is 0.497 e. The molecule has 0 fully saturated rings. The van der Waals surface area contributed by atoms with Crippen LogP contribution in [0.5, 0.6) is 17.2 Å². The Labute approximate surface area is 198 Å². The van der Waals surface area contributed by atoms with Crippen LogP contribution in [-0.2, 0) is 17.6 Å². The first kappa shape index (κ1) is 24.3. The van der Waals surface area contributed by atoms with Gasteiger partial charge in [0.15, 0.2) is 11.5 Å². The van der Waals surface area contributed by atoms with Gasteiger partial charge in [0.25, 0.3) is 0 Å². The SMILES string of the molecule is COc1cccc(Cc2nsc(N(C)CC(=O)N(C)CCc3ccc(OC)c(OC)c3)n2)c1. The molecule has 9 heteroatoms. The Kier molecular flexibility index (Phi) is 8.48. The number of hydrogen-bond donors (Lipinski definition) is 0. The maximum Gasteiger partial charge on any atom is 0.241 e. The molecule has 0 atom stereocenters. The van der Waals surface area contributed by atoms with Crippen LogP contribution < -0.4 is 19.1 Å².